The maximum atomic E-state index is 12.7. The fourth-order valence-corrected chi connectivity index (χ4v) is 4.55. The first-order valence-corrected chi connectivity index (χ1v) is 13.0. The van der Waals surface area contributed by atoms with Crippen molar-refractivity contribution in [3.05, 3.63) is 139 Å². The van der Waals surface area contributed by atoms with Crippen LogP contribution in [-0.2, 0) is 16.9 Å². The summed E-state index contributed by atoms with van der Waals surface area (Å²) in [5, 5.41) is 41.2. The number of benzene rings is 4. The van der Waals surface area contributed by atoms with Crippen molar-refractivity contribution in [3.63, 3.8) is 0 Å². The van der Waals surface area contributed by atoms with Gasteiger partial charge in [-0.3, -0.25) is 20.2 Å². The summed E-state index contributed by atoms with van der Waals surface area (Å²) in [5.41, 5.74) is -1.82. The monoisotopic (exact) mass is 616 g/mol. The zero-order valence-electron chi connectivity index (χ0n) is 23.7. The molecule has 2 N–H and O–H groups in total. The summed E-state index contributed by atoms with van der Waals surface area (Å²) in [6, 6.07) is 20.4. The highest BCUT2D eigenvalue weighted by atomic mass is 17.2. The molecular formula is C31H24N2O12. The molecule has 4 aromatic carbocycles. The van der Waals surface area contributed by atoms with E-state index in [1.165, 1.54) is 30.3 Å². The van der Waals surface area contributed by atoms with Crippen LogP contribution in [0.4, 0.5) is 11.4 Å². The summed E-state index contributed by atoms with van der Waals surface area (Å²) in [6.45, 7) is 3.53. The number of hydrogen-bond donors (Lipinski definition) is 2. The number of nitro groups is 2. The predicted molar refractivity (Wildman–Crippen MR) is 155 cm³/mol. The molecule has 0 unspecified atom stereocenters. The lowest BCUT2D eigenvalue weighted by Crippen LogP contribution is -2.19. The fraction of sp³-hybridized carbons (Fsp3) is 0.129. The molecule has 0 spiro atoms. The van der Waals surface area contributed by atoms with E-state index >= 15 is 0 Å². The third-order valence-corrected chi connectivity index (χ3v) is 6.94. The molecule has 14 nitrogen and oxygen atoms in total. The number of esters is 1. The van der Waals surface area contributed by atoms with E-state index in [2.05, 4.69) is 0 Å². The topological polar surface area (TPSA) is 206 Å². The summed E-state index contributed by atoms with van der Waals surface area (Å²) in [7, 11) is 0. The third kappa shape index (κ3) is 6.92. The zero-order valence-corrected chi connectivity index (χ0v) is 23.7. The molecule has 230 valence electrons. The van der Waals surface area contributed by atoms with Crippen molar-refractivity contribution >= 4 is 29.3 Å². The Balaban J connectivity index is 1.43. The Morgan fingerprint density at radius 2 is 1.20 bits per heavy atom. The molecule has 0 saturated carbocycles. The first-order chi connectivity index (χ1) is 21.3. The quantitative estimate of drug-likeness (QED) is 0.0622. The Morgan fingerprint density at radius 1 is 0.711 bits per heavy atom. The number of rotatable bonds is 12. The SMILES string of the molecule is CC(C)(c1ccc(OOCc2cccc([N+](=O)[O-])c2C(=O)O)cc1)c1ccc(OC(=O)c2cccc([N+](=O)[O-])c2C(=O)O)cc1. The minimum Gasteiger partial charge on any atom is -0.477 e. The van der Waals surface area contributed by atoms with Crippen molar-refractivity contribution in [1.29, 1.82) is 0 Å². The molecular weight excluding hydrogens is 592 g/mol. The molecule has 0 fully saturated rings. The Labute approximate surface area is 254 Å². The lowest BCUT2D eigenvalue weighted by molar-refractivity contribution is -0.385. The average Bonchev–Trinajstić information content (AvgIpc) is 3.00. The van der Waals surface area contributed by atoms with Gasteiger partial charge in [0, 0.05) is 23.1 Å². The van der Waals surface area contributed by atoms with Gasteiger partial charge in [0.15, 0.2) is 11.3 Å². The van der Waals surface area contributed by atoms with Gasteiger partial charge in [-0.25, -0.2) is 14.4 Å². The van der Waals surface area contributed by atoms with Crippen LogP contribution in [0, 0.1) is 20.2 Å². The Bertz CT molecular complexity index is 1800. The van der Waals surface area contributed by atoms with Crippen LogP contribution >= 0.6 is 0 Å². The highest BCUT2D eigenvalue weighted by Crippen LogP contribution is 2.34. The number of carbonyl (C=O) groups excluding carboxylic acids is 1. The van der Waals surface area contributed by atoms with Crippen LogP contribution in [0.2, 0.25) is 0 Å². The maximum absolute atomic E-state index is 12.7. The number of carboxylic acids is 2. The van der Waals surface area contributed by atoms with Crippen LogP contribution in [0.1, 0.15) is 61.6 Å². The van der Waals surface area contributed by atoms with E-state index in [-0.39, 0.29) is 17.9 Å². The second-order valence-electron chi connectivity index (χ2n) is 10.0. The van der Waals surface area contributed by atoms with Crippen molar-refractivity contribution in [2.45, 2.75) is 25.9 Å². The highest BCUT2D eigenvalue weighted by molar-refractivity contribution is 6.05. The van der Waals surface area contributed by atoms with Gasteiger partial charge in [-0.2, -0.15) is 4.89 Å². The normalized spacial score (nSPS) is 11.0. The summed E-state index contributed by atoms with van der Waals surface area (Å²) in [4.78, 5) is 67.0. The van der Waals surface area contributed by atoms with Gasteiger partial charge in [-0.15, -0.1) is 0 Å². The van der Waals surface area contributed by atoms with E-state index in [9.17, 15) is 44.8 Å². The van der Waals surface area contributed by atoms with Crippen LogP contribution in [0.3, 0.4) is 0 Å². The Morgan fingerprint density at radius 3 is 1.71 bits per heavy atom. The number of hydrogen-bond acceptors (Lipinski definition) is 10. The molecule has 0 aliphatic rings. The molecule has 0 atom stereocenters. The molecule has 0 saturated heterocycles. The molecule has 0 aliphatic carbocycles. The number of nitrogens with zero attached hydrogens (tertiary/aromatic N) is 2. The van der Waals surface area contributed by atoms with E-state index in [0.29, 0.717) is 5.75 Å². The van der Waals surface area contributed by atoms with E-state index in [1.807, 2.05) is 13.8 Å². The second kappa shape index (κ2) is 13.0. The standard InChI is InChI=1S/C31H24N2O12/c1-31(2,19-9-13-21(14-10-19)44-30(38)23-6-4-8-25(33(41)42)27(23)29(36)37)20-11-15-22(16-12-20)45-43-17-18-5-3-7-24(32(39)40)26(18)28(34)35/h3-16H,17H2,1-2H3,(H,34,35)(H,36,37). The summed E-state index contributed by atoms with van der Waals surface area (Å²) < 4.78 is 5.30. The van der Waals surface area contributed by atoms with Crippen molar-refractivity contribution in [1.82, 2.24) is 0 Å². The van der Waals surface area contributed by atoms with Gasteiger partial charge in [0.05, 0.1) is 15.4 Å². The van der Waals surface area contributed by atoms with Crippen LogP contribution in [0.5, 0.6) is 11.5 Å². The molecule has 0 aliphatic heterocycles. The van der Waals surface area contributed by atoms with Crippen molar-refractivity contribution in [3.8, 4) is 11.5 Å². The highest BCUT2D eigenvalue weighted by Gasteiger charge is 2.29. The van der Waals surface area contributed by atoms with E-state index in [4.69, 9.17) is 14.5 Å². The van der Waals surface area contributed by atoms with Gasteiger partial charge in [0.2, 0.25) is 0 Å². The molecule has 0 amide bonds. The predicted octanol–water partition coefficient (Wildman–Crippen LogP) is 5.96. The fourth-order valence-electron chi connectivity index (χ4n) is 4.55. The molecule has 45 heavy (non-hydrogen) atoms. The van der Waals surface area contributed by atoms with Crippen LogP contribution in [0.15, 0.2) is 84.9 Å². The van der Waals surface area contributed by atoms with Gasteiger partial charge >= 0.3 is 17.9 Å². The lowest BCUT2D eigenvalue weighted by atomic mass is 9.78. The Hall–Kier alpha value is -6.15. The lowest BCUT2D eigenvalue weighted by Gasteiger charge is -2.26. The summed E-state index contributed by atoms with van der Waals surface area (Å²) in [5.74, 6) is -3.78. The maximum Gasteiger partial charge on any atom is 0.344 e. The molecule has 0 radical (unpaired) electrons. The van der Waals surface area contributed by atoms with Crippen LogP contribution < -0.4 is 9.62 Å². The zero-order chi connectivity index (χ0) is 32.9. The van der Waals surface area contributed by atoms with E-state index < -0.39 is 61.2 Å². The summed E-state index contributed by atoms with van der Waals surface area (Å²) in [6.07, 6.45) is 0. The first-order valence-electron chi connectivity index (χ1n) is 13.0. The summed E-state index contributed by atoms with van der Waals surface area (Å²) >= 11 is 0. The second-order valence-corrected chi connectivity index (χ2v) is 10.0. The van der Waals surface area contributed by atoms with Crippen LogP contribution in [0.25, 0.3) is 0 Å². The van der Waals surface area contributed by atoms with Crippen molar-refractivity contribution in [2.75, 3.05) is 0 Å². The minimum absolute atomic E-state index is 0.0657. The number of nitro benzene ring substituents is 2. The van der Waals surface area contributed by atoms with Crippen molar-refractivity contribution < 1.29 is 49.0 Å². The minimum atomic E-state index is -1.64. The molecule has 4 rings (SSSR count). The smallest absolute Gasteiger partial charge is 0.344 e. The number of aromatic carboxylic acids is 2. The van der Waals surface area contributed by atoms with Gasteiger partial charge in [0.25, 0.3) is 11.4 Å². The number of carboxylic acid groups (broad SMARTS) is 2. The van der Waals surface area contributed by atoms with Crippen molar-refractivity contribution in [2.24, 2.45) is 0 Å². The van der Waals surface area contributed by atoms with E-state index in [1.54, 1.807) is 36.4 Å². The molecule has 4 aromatic rings. The third-order valence-electron chi connectivity index (χ3n) is 6.94. The average molecular weight is 617 g/mol. The largest absolute Gasteiger partial charge is 0.477 e. The number of ether oxygens (including phenoxy) is 1. The van der Waals surface area contributed by atoms with Gasteiger partial charge in [-0.05, 0) is 41.5 Å². The first kappa shape index (κ1) is 31.8. The molecule has 0 aromatic heterocycles. The molecule has 14 heteroatoms. The van der Waals surface area contributed by atoms with Gasteiger partial charge in [-0.1, -0.05) is 56.3 Å². The van der Waals surface area contributed by atoms with Gasteiger partial charge < -0.3 is 19.8 Å². The van der Waals surface area contributed by atoms with Crippen LogP contribution in [-0.4, -0.2) is 38.0 Å². The van der Waals surface area contributed by atoms with E-state index in [0.717, 1.165) is 29.3 Å². The number of carbonyl (C=O) groups is 3. The molecule has 0 bridgehead atoms. The van der Waals surface area contributed by atoms with Gasteiger partial charge in [0.1, 0.15) is 17.9 Å². The Kier molecular flexibility index (Phi) is 9.19. The molecule has 0 heterocycles.